The standard InChI is InChI=1S/C23H33F6N5O7/c24-22(25,26)19(38)30-6-3-9-33(10-4-7-31-20(39)23(27,28)29)8-2-1-5-14-12-34(21(40)32-18(14)37)17-11-15(36)16(13-35)41-17/h12,15-17,35-36H,1-11,13H2,(H,30,38)(H,31,39)(H,32,37,40)/t15-,16+,17+/m0/s1. The number of hydrogen-bond acceptors (Lipinski definition) is 8. The zero-order valence-corrected chi connectivity index (χ0v) is 21.9. The van der Waals surface area contributed by atoms with E-state index < -0.39 is 60.5 Å². The maximum absolute atomic E-state index is 12.3. The number of ether oxygens (including phenoxy) is 1. The number of aromatic amines is 1. The number of aliphatic hydroxyl groups excluding tert-OH is 2. The Kier molecular flexibility index (Phi) is 12.8. The Morgan fingerprint density at radius 1 is 0.976 bits per heavy atom. The molecule has 18 heteroatoms. The highest BCUT2D eigenvalue weighted by Crippen LogP contribution is 2.27. The molecule has 1 aliphatic heterocycles. The van der Waals surface area contributed by atoms with E-state index >= 15 is 0 Å². The summed E-state index contributed by atoms with van der Waals surface area (Å²) in [4.78, 5) is 50.4. The largest absolute Gasteiger partial charge is 0.471 e. The van der Waals surface area contributed by atoms with Gasteiger partial charge in [-0.05, 0) is 51.7 Å². The highest BCUT2D eigenvalue weighted by molar-refractivity contribution is 5.81. The van der Waals surface area contributed by atoms with Gasteiger partial charge in [0, 0.05) is 31.3 Å². The van der Waals surface area contributed by atoms with Gasteiger partial charge in [-0.2, -0.15) is 26.3 Å². The van der Waals surface area contributed by atoms with Crippen LogP contribution in [0.1, 0.15) is 43.9 Å². The normalized spacial score (nSPS) is 19.5. The van der Waals surface area contributed by atoms with E-state index in [1.807, 2.05) is 0 Å². The number of alkyl halides is 6. The van der Waals surface area contributed by atoms with E-state index in [1.54, 1.807) is 15.5 Å². The highest BCUT2D eigenvalue weighted by Gasteiger charge is 2.39. The molecule has 5 N–H and O–H groups in total. The number of H-pyrrole nitrogens is 1. The third kappa shape index (κ3) is 11.1. The van der Waals surface area contributed by atoms with Crippen LogP contribution in [0.4, 0.5) is 26.3 Å². The van der Waals surface area contributed by atoms with E-state index in [2.05, 4.69) is 4.98 Å². The number of unbranched alkanes of at least 4 members (excludes halogenated alkanes) is 1. The summed E-state index contributed by atoms with van der Waals surface area (Å²) in [7, 11) is 0. The minimum atomic E-state index is -5.03. The van der Waals surface area contributed by atoms with Crippen LogP contribution >= 0.6 is 0 Å². The minimum absolute atomic E-state index is 0.0262. The number of carbonyl (C=O) groups excluding carboxylic acids is 2. The van der Waals surface area contributed by atoms with Gasteiger partial charge >= 0.3 is 29.9 Å². The van der Waals surface area contributed by atoms with Crippen LogP contribution in [-0.4, -0.2) is 100 Å². The van der Waals surface area contributed by atoms with E-state index in [-0.39, 0.29) is 57.4 Å². The molecule has 1 saturated heterocycles. The van der Waals surface area contributed by atoms with Crippen molar-refractivity contribution in [1.82, 2.24) is 25.1 Å². The molecule has 12 nitrogen and oxygen atoms in total. The Morgan fingerprint density at radius 3 is 2.00 bits per heavy atom. The predicted octanol–water partition coefficient (Wildman–Crippen LogP) is -0.0608. The first-order valence-electron chi connectivity index (χ1n) is 12.8. The van der Waals surface area contributed by atoms with Crippen molar-refractivity contribution < 1.29 is 50.9 Å². The van der Waals surface area contributed by atoms with Gasteiger partial charge in [0.15, 0.2) is 0 Å². The fourth-order valence-corrected chi connectivity index (χ4v) is 4.17. The average Bonchev–Trinajstić information content (AvgIpc) is 3.25. The van der Waals surface area contributed by atoms with Crippen LogP contribution in [0, 0.1) is 0 Å². The number of aromatic nitrogens is 2. The average molecular weight is 606 g/mol. The molecule has 2 heterocycles. The lowest BCUT2D eigenvalue weighted by atomic mass is 10.1. The van der Waals surface area contributed by atoms with Gasteiger partial charge in [0.2, 0.25) is 0 Å². The second-order valence-corrected chi connectivity index (χ2v) is 9.45. The first-order valence-corrected chi connectivity index (χ1v) is 12.8. The number of nitrogens with zero attached hydrogens (tertiary/aromatic N) is 2. The Morgan fingerprint density at radius 2 is 1.51 bits per heavy atom. The molecule has 0 bridgehead atoms. The van der Waals surface area contributed by atoms with E-state index in [0.717, 1.165) is 4.57 Å². The summed E-state index contributed by atoms with van der Waals surface area (Å²) in [6, 6.07) is 0. The molecule has 0 aromatic carbocycles. The lowest BCUT2D eigenvalue weighted by molar-refractivity contribution is -0.173. The molecular weight excluding hydrogens is 572 g/mol. The number of hydrogen-bond donors (Lipinski definition) is 5. The van der Waals surface area contributed by atoms with E-state index in [1.165, 1.54) is 6.20 Å². The third-order valence-electron chi connectivity index (χ3n) is 6.29. The summed E-state index contributed by atoms with van der Waals surface area (Å²) in [5, 5.41) is 22.6. The summed E-state index contributed by atoms with van der Waals surface area (Å²) in [6.07, 6.45) is -10.2. The molecule has 0 spiro atoms. The summed E-state index contributed by atoms with van der Waals surface area (Å²) in [5.74, 6) is -4.18. The summed E-state index contributed by atoms with van der Waals surface area (Å²) in [6.45, 7) is -0.289. The summed E-state index contributed by atoms with van der Waals surface area (Å²) < 4.78 is 80.6. The van der Waals surface area contributed by atoms with Crippen LogP contribution < -0.4 is 21.9 Å². The maximum atomic E-state index is 12.3. The Labute approximate surface area is 229 Å². The van der Waals surface area contributed by atoms with Gasteiger partial charge in [-0.15, -0.1) is 0 Å². The highest BCUT2D eigenvalue weighted by atomic mass is 19.4. The Balaban J connectivity index is 1.91. The monoisotopic (exact) mass is 605 g/mol. The van der Waals surface area contributed by atoms with E-state index in [9.17, 15) is 55.7 Å². The van der Waals surface area contributed by atoms with Crippen molar-refractivity contribution in [2.45, 2.75) is 69.3 Å². The summed E-state index contributed by atoms with van der Waals surface area (Å²) >= 11 is 0. The van der Waals surface area contributed by atoms with Gasteiger partial charge < -0.3 is 30.5 Å². The zero-order chi connectivity index (χ0) is 30.8. The fourth-order valence-electron chi connectivity index (χ4n) is 4.17. The van der Waals surface area contributed by atoms with Crippen LogP contribution in [0.5, 0.6) is 0 Å². The maximum Gasteiger partial charge on any atom is 0.471 e. The third-order valence-corrected chi connectivity index (χ3v) is 6.29. The van der Waals surface area contributed by atoms with Crippen LogP contribution in [0.25, 0.3) is 0 Å². The minimum Gasteiger partial charge on any atom is -0.394 e. The lowest BCUT2D eigenvalue weighted by Gasteiger charge is -2.23. The van der Waals surface area contributed by atoms with Crippen molar-refractivity contribution in [1.29, 1.82) is 0 Å². The molecular formula is C23H33F6N5O7. The molecule has 0 radical (unpaired) electrons. The number of carbonyl (C=O) groups is 2. The smallest absolute Gasteiger partial charge is 0.394 e. The van der Waals surface area contributed by atoms with Gasteiger partial charge in [0.1, 0.15) is 12.3 Å². The van der Waals surface area contributed by atoms with Crippen molar-refractivity contribution in [3.63, 3.8) is 0 Å². The quantitative estimate of drug-likeness (QED) is 0.137. The molecule has 0 unspecified atom stereocenters. The number of amides is 2. The number of halogens is 6. The summed E-state index contributed by atoms with van der Waals surface area (Å²) in [5.41, 5.74) is -1.14. The molecule has 234 valence electrons. The van der Waals surface area contributed by atoms with Crippen molar-refractivity contribution in [2.75, 3.05) is 39.3 Å². The first kappa shape index (κ1) is 34.2. The topological polar surface area (TPSA) is 166 Å². The SMILES string of the molecule is O=C(NCCCN(CCCCc1cn([C@H]2C[C@H](O)[C@@H](CO)O2)c(=O)[nH]c1=O)CCCNC(=O)C(F)(F)F)C(F)(F)F. The Bertz CT molecular complexity index is 1090. The molecule has 1 aromatic heterocycles. The molecule has 0 saturated carbocycles. The molecule has 0 aliphatic carbocycles. The number of aliphatic hydroxyl groups is 2. The van der Waals surface area contributed by atoms with Gasteiger partial charge in [0.25, 0.3) is 5.56 Å². The molecule has 1 fully saturated rings. The van der Waals surface area contributed by atoms with Crippen molar-refractivity contribution in [3.8, 4) is 0 Å². The van der Waals surface area contributed by atoms with Gasteiger partial charge in [-0.1, -0.05) is 0 Å². The molecule has 3 atom stereocenters. The number of rotatable bonds is 15. The van der Waals surface area contributed by atoms with Crippen molar-refractivity contribution in [2.24, 2.45) is 0 Å². The number of nitrogens with one attached hydrogen (secondary N) is 3. The fraction of sp³-hybridized carbons (Fsp3) is 0.739. The zero-order valence-electron chi connectivity index (χ0n) is 21.9. The van der Waals surface area contributed by atoms with E-state index in [4.69, 9.17) is 4.74 Å². The van der Waals surface area contributed by atoms with Crippen molar-refractivity contribution in [3.05, 3.63) is 32.6 Å². The van der Waals surface area contributed by atoms with Gasteiger partial charge in [0.05, 0.1) is 12.7 Å². The molecule has 2 amide bonds. The Hall–Kier alpha value is -2.96. The lowest BCUT2D eigenvalue weighted by Crippen LogP contribution is -2.39. The van der Waals surface area contributed by atoms with E-state index in [0.29, 0.717) is 19.4 Å². The van der Waals surface area contributed by atoms with Crippen LogP contribution in [-0.2, 0) is 20.7 Å². The van der Waals surface area contributed by atoms with Crippen LogP contribution in [0.15, 0.2) is 15.8 Å². The van der Waals surface area contributed by atoms with Crippen molar-refractivity contribution >= 4 is 11.8 Å². The van der Waals surface area contributed by atoms with Gasteiger partial charge in [-0.3, -0.25) is 23.9 Å². The second kappa shape index (κ2) is 15.3. The van der Waals surface area contributed by atoms with Gasteiger partial charge in [-0.25, -0.2) is 4.79 Å². The molecule has 1 aliphatic rings. The molecule has 2 rings (SSSR count). The molecule has 41 heavy (non-hydrogen) atoms. The van der Waals surface area contributed by atoms with Crippen LogP contribution in [0.3, 0.4) is 0 Å². The predicted molar refractivity (Wildman–Crippen MR) is 130 cm³/mol. The first-order chi connectivity index (χ1) is 19.1. The van der Waals surface area contributed by atoms with Crippen LogP contribution in [0.2, 0.25) is 0 Å². The second-order valence-electron chi connectivity index (χ2n) is 9.45. The number of aryl methyl sites for hydroxylation is 1. The molecule has 1 aromatic rings.